The SMILES string of the molecule is COc1cccc(-c2cc(-c3cc4ccccc4[nH]3)c(=O)[nH]n2)c1. The van der Waals surface area contributed by atoms with Gasteiger partial charge in [0.15, 0.2) is 0 Å². The lowest BCUT2D eigenvalue weighted by molar-refractivity contribution is 0.415. The summed E-state index contributed by atoms with van der Waals surface area (Å²) in [4.78, 5) is 15.5. The highest BCUT2D eigenvalue weighted by atomic mass is 16.5. The number of hydrogen-bond acceptors (Lipinski definition) is 3. The van der Waals surface area contributed by atoms with Crippen molar-refractivity contribution in [1.82, 2.24) is 15.2 Å². The third-order valence-electron chi connectivity index (χ3n) is 3.99. The van der Waals surface area contributed by atoms with Crippen LogP contribution < -0.4 is 10.3 Å². The lowest BCUT2D eigenvalue weighted by atomic mass is 10.1. The Morgan fingerprint density at radius 3 is 2.71 bits per heavy atom. The number of nitrogens with one attached hydrogen (secondary N) is 2. The van der Waals surface area contributed by atoms with Crippen molar-refractivity contribution in [3.8, 4) is 28.3 Å². The summed E-state index contributed by atoms with van der Waals surface area (Å²) < 4.78 is 5.25. The third-order valence-corrected chi connectivity index (χ3v) is 3.99. The molecule has 24 heavy (non-hydrogen) atoms. The molecule has 2 N–H and O–H groups in total. The largest absolute Gasteiger partial charge is 0.497 e. The maximum absolute atomic E-state index is 12.2. The summed E-state index contributed by atoms with van der Waals surface area (Å²) in [5.41, 5.74) is 3.65. The van der Waals surface area contributed by atoms with Gasteiger partial charge in [0.05, 0.1) is 24.1 Å². The van der Waals surface area contributed by atoms with Gasteiger partial charge >= 0.3 is 0 Å². The number of para-hydroxylation sites is 1. The van der Waals surface area contributed by atoms with Crippen LogP contribution in [0.4, 0.5) is 0 Å². The van der Waals surface area contributed by atoms with Gasteiger partial charge in [0.1, 0.15) is 5.75 Å². The molecule has 0 radical (unpaired) electrons. The zero-order chi connectivity index (χ0) is 16.5. The van der Waals surface area contributed by atoms with Crippen LogP contribution >= 0.6 is 0 Å². The fourth-order valence-electron chi connectivity index (χ4n) is 2.75. The summed E-state index contributed by atoms with van der Waals surface area (Å²) in [6.45, 7) is 0. The van der Waals surface area contributed by atoms with E-state index >= 15 is 0 Å². The van der Waals surface area contributed by atoms with Crippen LogP contribution in [0.15, 0.2) is 65.5 Å². The quantitative estimate of drug-likeness (QED) is 0.606. The standard InChI is InChI=1S/C19H15N3O2/c1-24-14-7-4-6-12(9-14)17-11-15(19(23)22-21-17)18-10-13-5-2-3-8-16(13)20-18/h2-11,20H,1H3,(H,22,23). The van der Waals surface area contributed by atoms with E-state index in [4.69, 9.17) is 4.74 Å². The minimum Gasteiger partial charge on any atom is -0.497 e. The summed E-state index contributed by atoms with van der Waals surface area (Å²) in [6, 6.07) is 19.3. The molecule has 0 aliphatic carbocycles. The Kier molecular flexibility index (Phi) is 3.39. The molecule has 2 aromatic heterocycles. The molecule has 2 heterocycles. The first-order valence-electron chi connectivity index (χ1n) is 7.57. The van der Waals surface area contributed by atoms with Crippen LogP contribution in [-0.4, -0.2) is 22.3 Å². The Labute approximate surface area is 137 Å². The van der Waals surface area contributed by atoms with E-state index in [2.05, 4.69) is 15.2 Å². The molecule has 0 saturated carbocycles. The average molecular weight is 317 g/mol. The highest BCUT2D eigenvalue weighted by Gasteiger charge is 2.10. The number of methoxy groups -OCH3 is 1. The summed E-state index contributed by atoms with van der Waals surface area (Å²) in [5.74, 6) is 0.743. The normalized spacial score (nSPS) is 10.9. The molecule has 118 valence electrons. The second kappa shape index (κ2) is 5.70. The molecule has 0 unspecified atom stereocenters. The Hall–Kier alpha value is -3.34. The molecule has 0 aliphatic rings. The molecule has 0 aliphatic heterocycles. The van der Waals surface area contributed by atoms with Gasteiger partial charge in [-0.1, -0.05) is 30.3 Å². The smallest absolute Gasteiger partial charge is 0.273 e. The van der Waals surface area contributed by atoms with Gasteiger partial charge in [-0.05, 0) is 30.3 Å². The number of H-pyrrole nitrogens is 2. The van der Waals surface area contributed by atoms with E-state index in [1.54, 1.807) is 13.2 Å². The van der Waals surface area contributed by atoms with Crippen molar-refractivity contribution in [2.24, 2.45) is 0 Å². The van der Waals surface area contributed by atoms with Crippen molar-refractivity contribution in [3.05, 3.63) is 71.0 Å². The number of aromatic amines is 2. The van der Waals surface area contributed by atoms with Crippen molar-refractivity contribution < 1.29 is 4.74 Å². The van der Waals surface area contributed by atoms with Crippen LogP contribution in [0, 0.1) is 0 Å². The monoisotopic (exact) mass is 317 g/mol. The van der Waals surface area contributed by atoms with E-state index in [-0.39, 0.29) is 5.56 Å². The van der Waals surface area contributed by atoms with Gasteiger partial charge in [-0.2, -0.15) is 5.10 Å². The summed E-state index contributed by atoms with van der Waals surface area (Å²) >= 11 is 0. The highest BCUT2D eigenvalue weighted by Crippen LogP contribution is 2.26. The number of hydrogen-bond donors (Lipinski definition) is 2. The molecule has 0 amide bonds. The second-order valence-corrected chi connectivity index (χ2v) is 5.50. The number of nitrogens with zero attached hydrogens (tertiary/aromatic N) is 1. The van der Waals surface area contributed by atoms with E-state index in [0.29, 0.717) is 11.3 Å². The van der Waals surface area contributed by atoms with Crippen molar-refractivity contribution >= 4 is 10.9 Å². The van der Waals surface area contributed by atoms with E-state index in [1.807, 2.05) is 54.6 Å². The predicted molar refractivity (Wildman–Crippen MR) is 94.1 cm³/mol. The molecule has 4 rings (SSSR count). The van der Waals surface area contributed by atoms with Gasteiger partial charge in [-0.3, -0.25) is 4.79 Å². The van der Waals surface area contributed by atoms with Crippen molar-refractivity contribution in [1.29, 1.82) is 0 Å². The van der Waals surface area contributed by atoms with Gasteiger partial charge in [0.2, 0.25) is 0 Å². The fraction of sp³-hybridized carbons (Fsp3) is 0.0526. The molecule has 0 saturated heterocycles. The molecule has 2 aromatic carbocycles. The first-order chi connectivity index (χ1) is 11.7. The van der Waals surface area contributed by atoms with Gasteiger partial charge < -0.3 is 9.72 Å². The highest BCUT2D eigenvalue weighted by molar-refractivity contribution is 5.86. The zero-order valence-electron chi connectivity index (χ0n) is 13.0. The van der Waals surface area contributed by atoms with E-state index < -0.39 is 0 Å². The Bertz CT molecular complexity index is 1050. The molecule has 5 nitrogen and oxygen atoms in total. The number of ether oxygens (including phenoxy) is 1. The van der Waals surface area contributed by atoms with Gasteiger partial charge in [-0.15, -0.1) is 0 Å². The molecular formula is C19H15N3O2. The van der Waals surface area contributed by atoms with Crippen LogP contribution in [0.1, 0.15) is 0 Å². The van der Waals surface area contributed by atoms with Crippen LogP contribution in [0.3, 0.4) is 0 Å². The maximum atomic E-state index is 12.2. The first kappa shape index (κ1) is 14.3. The van der Waals surface area contributed by atoms with E-state index in [9.17, 15) is 4.79 Å². The second-order valence-electron chi connectivity index (χ2n) is 5.50. The number of fused-ring (bicyclic) bond motifs is 1. The van der Waals surface area contributed by atoms with Crippen LogP contribution in [-0.2, 0) is 0 Å². The molecule has 0 spiro atoms. The number of rotatable bonds is 3. The van der Waals surface area contributed by atoms with Crippen molar-refractivity contribution in [3.63, 3.8) is 0 Å². The van der Waals surface area contributed by atoms with Gasteiger partial charge in [0, 0.05) is 16.5 Å². The minimum atomic E-state index is -0.229. The minimum absolute atomic E-state index is 0.229. The number of aromatic nitrogens is 3. The molecule has 0 bridgehead atoms. The van der Waals surface area contributed by atoms with Crippen molar-refractivity contribution in [2.75, 3.05) is 7.11 Å². The topological polar surface area (TPSA) is 70.8 Å². The molecule has 4 aromatic rings. The Balaban J connectivity index is 1.85. The zero-order valence-corrected chi connectivity index (χ0v) is 13.0. The third kappa shape index (κ3) is 2.46. The van der Waals surface area contributed by atoms with Crippen LogP contribution in [0.2, 0.25) is 0 Å². The van der Waals surface area contributed by atoms with Gasteiger partial charge in [0.25, 0.3) is 5.56 Å². The lowest BCUT2D eigenvalue weighted by Gasteiger charge is -2.05. The lowest BCUT2D eigenvalue weighted by Crippen LogP contribution is -2.11. The summed E-state index contributed by atoms with van der Waals surface area (Å²) in [7, 11) is 1.62. The summed E-state index contributed by atoms with van der Waals surface area (Å²) in [5, 5.41) is 7.80. The fourth-order valence-corrected chi connectivity index (χ4v) is 2.75. The molecule has 0 atom stereocenters. The van der Waals surface area contributed by atoms with Crippen molar-refractivity contribution in [2.45, 2.75) is 0 Å². The van der Waals surface area contributed by atoms with Crippen LogP contribution in [0.5, 0.6) is 5.75 Å². The predicted octanol–water partition coefficient (Wildman–Crippen LogP) is 3.59. The molecular weight excluding hydrogens is 302 g/mol. The average Bonchev–Trinajstić information content (AvgIpc) is 3.06. The summed E-state index contributed by atoms with van der Waals surface area (Å²) in [6.07, 6.45) is 0. The molecule has 0 fully saturated rings. The first-order valence-corrected chi connectivity index (χ1v) is 7.57. The van der Waals surface area contributed by atoms with Gasteiger partial charge in [-0.25, -0.2) is 5.10 Å². The van der Waals surface area contributed by atoms with Crippen LogP contribution in [0.25, 0.3) is 33.4 Å². The number of benzene rings is 2. The van der Waals surface area contributed by atoms with E-state index in [1.165, 1.54) is 0 Å². The Morgan fingerprint density at radius 1 is 1.00 bits per heavy atom. The molecule has 5 heteroatoms. The Morgan fingerprint density at radius 2 is 1.88 bits per heavy atom. The van der Waals surface area contributed by atoms with E-state index in [0.717, 1.165) is 27.9 Å². The maximum Gasteiger partial charge on any atom is 0.273 e.